The van der Waals surface area contributed by atoms with E-state index >= 15 is 0 Å². The first-order chi connectivity index (χ1) is 15.3. The lowest BCUT2D eigenvalue weighted by Gasteiger charge is -2.11. The number of aliphatic hydroxyl groups is 1. The molecule has 11 heteroatoms. The van der Waals surface area contributed by atoms with Crippen molar-refractivity contribution in [2.45, 2.75) is 19.5 Å². The van der Waals surface area contributed by atoms with Crippen molar-refractivity contribution in [3.63, 3.8) is 0 Å². The third-order valence-corrected chi connectivity index (χ3v) is 4.81. The summed E-state index contributed by atoms with van der Waals surface area (Å²) < 4.78 is 23.1. The Labute approximate surface area is 187 Å². The van der Waals surface area contributed by atoms with E-state index < -0.39 is 17.1 Å². The molecule has 3 rings (SSSR count). The monoisotopic (exact) mass is 461 g/mol. The summed E-state index contributed by atoms with van der Waals surface area (Å²) in [6.45, 7) is 6.59. The SMILES string of the molecule is C=C/C=C(/Oc1nc2c(c(=O)n(CCCO)c(=O)n2C)n1Cc1ccc(Cl)cn1)C(=C)F. The molecule has 0 saturated carbocycles. The van der Waals surface area contributed by atoms with Gasteiger partial charge in [-0.05, 0) is 24.6 Å². The molecule has 1 N–H and O–H groups in total. The van der Waals surface area contributed by atoms with E-state index in [0.717, 1.165) is 4.57 Å². The van der Waals surface area contributed by atoms with E-state index in [1.807, 2.05) is 0 Å². The summed E-state index contributed by atoms with van der Waals surface area (Å²) >= 11 is 5.90. The number of aliphatic hydroxyl groups excluding tert-OH is 1. The van der Waals surface area contributed by atoms with Crippen LogP contribution in [0.25, 0.3) is 11.2 Å². The fourth-order valence-corrected chi connectivity index (χ4v) is 3.16. The highest BCUT2D eigenvalue weighted by Gasteiger charge is 2.23. The molecule has 0 unspecified atom stereocenters. The maximum Gasteiger partial charge on any atom is 0.332 e. The van der Waals surface area contributed by atoms with Gasteiger partial charge in [-0.1, -0.05) is 30.8 Å². The summed E-state index contributed by atoms with van der Waals surface area (Å²) in [6.07, 6.45) is 4.22. The van der Waals surface area contributed by atoms with E-state index in [1.54, 1.807) is 12.1 Å². The summed E-state index contributed by atoms with van der Waals surface area (Å²) in [5.41, 5.74) is -0.609. The number of nitrogens with zero attached hydrogens (tertiary/aromatic N) is 5. The number of allylic oxidation sites excluding steroid dienone is 3. The van der Waals surface area contributed by atoms with Gasteiger partial charge in [0, 0.05) is 26.4 Å². The van der Waals surface area contributed by atoms with Crippen LogP contribution in [-0.2, 0) is 20.1 Å². The molecule has 3 aromatic heterocycles. The Kier molecular flexibility index (Phi) is 7.06. The first-order valence-corrected chi connectivity index (χ1v) is 9.93. The second-order valence-corrected chi connectivity index (χ2v) is 7.21. The lowest BCUT2D eigenvalue weighted by molar-refractivity contribution is 0.277. The molecule has 168 valence electrons. The Balaban J connectivity index is 2.29. The maximum atomic E-state index is 13.9. The maximum absolute atomic E-state index is 13.9. The highest BCUT2D eigenvalue weighted by atomic mass is 35.5. The molecule has 32 heavy (non-hydrogen) atoms. The van der Waals surface area contributed by atoms with Crippen molar-refractivity contribution < 1.29 is 14.2 Å². The molecule has 3 heterocycles. The van der Waals surface area contributed by atoms with E-state index in [4.69, 9.17) is 21.4 Å². The van der Waals surface area contributed by atoms with Crippen LogP contribution in [0.1, 0.15) is 12.1 Å². The predicted octanol–water partition coefficient (Wildman–Crippen LogP) is 2.31. The number of aryl methyl sites for hydroxylation is 1. The molecule has 0 amide bonds. The Hall–Kier alpha value is -3.50. The number of rotatable bonds is 9. The van der Waals surface area contributed by atoms with Crippen LogP contribution in [0.5, 0.6) is 6.01 Å². The second kappa shape index (κ2) is 9.75. The molecule has 0 bridgehead atoms. The fraction of sp³-hybridized carbons (Fsp3) is 0.238. The van der Waals surface area contributed by atoms with Crippen molar-refractivity contribution in [1.29, 1.82) is 0 Å². The van der Waals surface area contributed by atoms with E-state index in [2.05, 4.69) is 23.1 Å². The van der Waals surface area contributed by atoms with E-state index in [-0.39, 0.29) is 49.1 Å². The van der Waals surface area contributed by atoms with E-state index in [1.165, 1.54) is 34.5 Å². The third-order valence-electron chi connectivity index (χ3n) is 4.58. The molecule has 0 atom stereocenters. The Morgan fingerprint density at radius 3 is 2.69 bits per heavy atom. The van der Waals surface area contributed by atoms with Crippen LogP contribution in [0.3, 0.4) is 0 Å². The molecule has 9 nitrogen and oxygen atoms in total. The molecular weight excluding hydrogens is 441 g/mol. The van der Waals surface area contributed by atoms with Gasteiger partial charge in [0.25, 0.3) is 5.56 Å². The van der Waals surface area contributed by atoms with Crippen molar-refractivity contribution in [2.75, 3.05) is 6.61 Å². The topological polar surface area (TPSA) is 104 Å². The quantitative estimate of drug-likeness (QED) is 0.387. The van der Waals surface area contributed by atoms with Gasteiger partial charge >= 0.3 is 11.7 Å². The Morgan fingerprint density at radius 1 is 1.34 bits per heavy atom. The van der Waals surface area contributed by atoms with Crippen molar-refractivity contribution in [3.05, 3.63) is 86.8 Å². The van der Waals surface area contributed by atoms with E-state index in [0.29, 0.717) is 10.7 Å². The first kappa shape index (κ1) is 23.2. The van der Waals surface area contributed by atoms with Crippen molar-refractivity contribution >= 4 is 22.8 Å². The minimum atomic E-state index is -0.873. The van der Waals surface area contributed by atoms with Crippen LogP contribution in [0, 0.1) is 0 Å². The zero-order valence-electron chi connectivity index (χ0n) is 17.3. The fourth-order valence-electron chi connectivity index (χ4n) is 3.05. The summed E-state index contributed by atoms with van der Waals surface area (Å²) in [5, 5.41) is 9.56. The lowest BCUT2D eigenvalue weighted by Crippen LogP contribution is -2.40. The van der Waals surface area contributed by atoms with Crippen molar-refractivity contribution in [2.24, 2.45) is 7.05 Å². The predicted molar refractivity (Wildman–Crippen MR) is 118 cm³/mol. The summed E-state index contributed by atoms with van der Waals surface area (Å²) in [7, 11) is 1.45. The number of hydrogen-bond donors (Lipinski definition) is 1. The minimum Gasteiger partial charge on any atom is -0.422 e. The van der Waals surface area contributed by atoms with Crippen LogP contribution in [0.15, 0.2) is 64.8 Å². The number of pyridine rings is 1. The number of hydrogen-bond acceptors (Lipinski definition) is 6. The second-order valence-electron chi connectivity index (χ2n) is 6.77. The highest BCUT2D eigenvalue weighted by Crippen LogP contribution is 2.23. The summed E-state index contributed by atoms with van der Waals surface area (Å²) in [6, 6.07) is 3.14. The summed E-state index contributed by atoms with van der Waals surface area (Å²) in [5.74, 6) is -1.13. The molecule has 0 aliphatic carbocycles. The number of ether oxygens (including phenoxy) is 1. The van der Waals surface area contributed by atoms with Crippen LogP contribution in [-0.4, -0.2) is 35.4 Å². The number of halogens is 2. The first-order valence-electron chi connectivity index (χ1n) is 9.55. The zero-order chi connectivity index (χ0) is 23.4. The molecule has 3 aromatic rings. The molecule has 0 aliphatic heterocycles. The molecule has 0 fully saturated rings. The van der Waals surface area contributed by atoms with Gasteiger partial charge in [-0.25, -0.2) is 9.18 Å². The molecule has 0 aromatic carbocycles. The van der Waals surface area contributed by atoms with E-state index in [9.17, 15) is 14.0 Å². The van der Waals surface area contributed by atoms with Crippen LogP contribution in [0.2, 0.25) is 5.02 Å². The summed E-state index contributed by atoms with van der Waals surface area (Å²) in [4.78, 5) is 34.4. The van der Waals surface area contributed by atoms with Crippen LogP contribution in [0.4, 0.5) is 4.39 Å². The minimum absolute atomic E-state index is 0.0153. The molecule has 0 aliphatic rings. The largest absolute Gasteiger partial charge is 0.422 e. The van der Waals surface area contributed by atoms with Gasteiger partial charge in [-0.2, -0.15) is 4.98 Å². The lowest BCUT2D eigenvalue weighted by atomic mass is 10.3. The third kappa shape index (κ3) is 4.56. The van der Waals surface area contributed by atoms with Gasteiger partial charge in [0.2, 0.25) is 0 Å². The van der Waals surface area contributed by atoms with Gasteiger partial charge < -0.3 is 9.84 Å². The van der Waals surface area contributed by atoms with Gasteiger partial charge in [-0.15, -0.1) is 0 Å². The number of aromatic nitrogens is 5. The Morgan fingerprint density at radius 2 is 2.09 bits per heavy atom. The van der Waals surface area contributed by atoms with Gasteiger partial charge in [0.15, 0.2) is 22.7 Å². The van der Waals surface area contributed by atoms with Gasteiger partial charge in [-0.3, -0.25) is 23.5 Å². The van der Waals surface area contributed by atoms with Crippen molar-refractivity contribution in [1.82, 2.24) is 23.7 Å². The van der Waals surface area contributed by atoms with Gasteiger partial charge in [0.1, 0.15) is 0 Å². The molecule has 0 saturated heterocycles. The van der Waals surface area contributed by atoms with Crippen molar-refractivity contribution in [3.8, 4) is 6.01 Å². The standard InChI is InChI=1S/C21H21ClFN5O4/c1-4-6-16(13(2)23)32-20-25-18-17(28(20)12-15-8-7-14(22)11-24-15)19(30)27(9-5-10-29)21(31)26(18)3/h4,6-8,11,29H,1-2,5,9-10,12H2,3H3/b16-6+. The smallest absolute Gasteiger partial charge is 0.332 e. The zero-order valence-corrected chi connectivity index (χ0v) is 18.0. The molecular formula is C21H21ClFN5O4. The van der Waals surface area contributed by atoms with Crippen LogP contribution >= 0.6 is 11.6 Å². The number of fused-ring (bicyclic) bond motifs is 1. The highest BCUT2D eigenvalue weighted by molar-refractivity contribution is 6.30. The Bertz CT molecular complexity index is 1320. The van der Waals surface area contributed by atoms with Crippen LogP contribution < -0.4 is 16.0 Å². The molecule has 0 radical (unpaired) electrons. The molecule has 0 spiro atoms. The average molecular weight is 462 g/mol. The average Bonchev–Trinajstić information content (AvgIpc) is 3.11. The van der Waals surface area contributed by atoms with Gasteiger partial charge in [0.05, 0.1) is 17.3 Å². The number of imidazole rings is 1. The normalized spacial score (nSPS) is 11.7.